The Morgan fingerprint density at radius 1 is 1.17 bits per heavy atom. The van der Waals surface area contributed by atoms with E-state index < -0.39 is 0 Å². The van der Waals surface area contributed by atoms with Crippen molar-refractivity contribution in [2.75, 3.05) is 6.61 Å². The van der Waals surface area contributed by atoms with Crippen LogP contribution in [0.15, 0.2) is 65.9 Å². The number of carbonyl (C=O) groups is 1. The maximum atomic E-state index is 11.8. The third-order valence-electron chi connectivity index (χ3n) is 3.43. The van der Waals surface area contributed by atoms with Crippen molar-refractivity contribution in [3.05, 3.63) is 71.9 Å². The number of hydrazone groups is 1. The van der Waals surface area contributed by atoms with E-state index in [1.54, 1.807) is 18.5 Å². The number of nitrogens with zero attached hydrogens (tertiary/aromatic N) is 2. The Kier molecular flexibility index (Phi) is 4.81. The highest BCUT2D eigenvalue weighted by Crippen LogP contribution is 2.22. The van der Waals surface area contributed by atoms with Gasteiger partial charge in [-0.15, -0.1) is 0 Å². The zero-order chi connectivity index (χ0) is 16.8. The van der Waals surface area contributed by atoms with Gasteiger partial charge in [0.05, 0.1) is 6.21 Å². The van der Waals surface area contributed by atoms with E-state index in [-0.39, 0.29) is 12.5 Å². The summed E-state index contributed by atoms with van der Waals surface area (Å²) in [5.74, 6) is 0.247. The molecule has 0 saturated carbocycles. The summed E-state index contributed by atoms with van der Waals surface area (Å²) in [6, 6.07) is 17.2. The second kappa shape index (κ2) is 7.37. The zero-order valence-electron chi connectivity index (χ0n) is 13.3. The molecule has 0 atom stereocenters. The highest BCUT2D eigenvalue weighted by Gasteiger charge is 2.05. The molecular weight excluding hydrogens is 302 g/mol. The third kappa shape index (κ3) is 3.95. The van der Waals surface area contributed by atoms with E-state index in [2.05, 4.69) is 15.5 Å². The third-order valence-corrected chi connectivity index (χ3v) is 3.43. The number of hydrogen-bond acceptors (Lipinski definition) is 4. The fraction of sp³-hybridized carbons (Fsp3) is 0.105. The molecule has 0 aliphatic rings. The van der Waals surface area contributed by atoms with E-state index in [0.717, 1.165) is 16.5 Å². The molecular formula is C19H17N3O2. The van der Waals surface area contributed by atoms with Crippen LogP contribution in [0.4, 0.5) is 0 Å². The Morgan fingerprint density at radius 3 is 2.79 bits per heavy atom. The van der Waals surface area contributed by atoms with Gasteiger partial charge in [-0.05, 0) is 24.6 Å². The first kappa shape index (κ1) is 15.7. The molecule has 1 N–H and O–H groups in total. The Balaban J connectivity index is 1.56. The van der Waals surface area contributed by atoms with Crippen molar-refractivity contribution in [2.45, 2.75) is 6.92 Å². The minimum atomic E-state index is -0.328. The molecule has 5 heteroatoms. The van der Waals surface area contributed by atoms with Crippen molar-refractivity contribution < 1.29 is 9.53 Å². The molecule has 0 aliphatic carbocycles. The van der Waals surface area contributed by atoms with Crippen molar-refractivity contribution in [2.24, 2.45) is 5.10 Å². The molecule has 2 aromatic carbocycles. The number of aryl methyl sites for hydroxylation is 1. The molecule has 0 radical (unpaired) electrons. The lowest BCUT2D eigenvalue weighted by molar-refractivity contribution is -0.123. The second-order valence-electron chi connectivity index (χ2n) is 5.32. The van der Waals surface area contributed by atoms with Gasteiger partial charge < -0.3 is 4.74 Å². The van der Waals surface area contributed by atoms with Crippen LogP contribution in [0.2, 0.25) is 0 Å². The van der Waals surface area contributed by atoms with Gasteiger partial charge in [-0.25, -0.2) is 5.43 Å². The summed E-state index contributed by atoms with van der Waals surface area (Å²) in [5.41, 5.74) is 5.27. The molecule has 0 bridgehead atoms. The van der Waals surface area contributed by atoms with Crippen LogP contribution < -0.4 is 10.2 Å². The summed E-state index contributed by atoms with van der Waals surface area (Å²) < 4.78 is 5.55. The molecule has 0 spiro atoms. The average Bonchev–Trinajstić information content (AvgIpc) is 2.61. The topological polar surface area (TPSA) is 63.6 Å². The van der Waals surface area contributed by atoms with Gasteiger partial charge in [0, 0.05) is 11.6 Å². The van der Waals surface area contributed by atoms with Gasteiger partial charge in [-0.2, -0.15) is 5.10 Å². The number of hydrogen-bond donors (Lipinski definition) is 1. The lowest BCUT2D eigenvalue weighted by Gasteiger charge is -2.07. The Bertz CT molecular complexity index is 868. The minimum absolute atomic E-state index is 0.124. The molecule has 5 nitrogen and oxygen atoms in total. The number of benzene rings is 2. The van der Waals surface area contributed by atoms with E-state index in [1.165, 1.54) is 5.56 Å². The summed E-state index contributed by atoms with van der Waals surface area (Å²) in [6.07, 6.45) is 3.29. The van der Waals surface area contributed by atoms with E-state index in [9.17, 15) is 4.79 Å². The van der Waals surface area contributed by atoms with E-state index in [0.29, 0.717) is 5.75 Å². The van der Waals surface area contributed by atoms with Crippen LogP contribution in [-0.2, 0) is 4.79 Å². The molecule has 120 valence electrons. The molecule has 0 aliphatic heterocycles. The first-order chi connectivity index (χ1) is 11.7. The van der Waals surface area contributed by atoms with Crippen molar-refractivity contribution in [1.82, 2.24) is 10.4 Å². The van der Waals surface area contributed by atoms with Crippen molar-refractivity contribution in [1.29, 1.82) is 0 Å². The lowest BCUT2D eigenvalue weighted by Crippen LogP contribution is -2.24. The summed E-state index contributed by atoms with van der Waals surface area (Å²) in [4.78, 5) is 16.1. The Labute approximate surface area is 140 Å². The quantitative estimate of drug-likeness (QED) is 0.580. The van der Waals surface area contributed by atoms with Crippen molar-refractivity contribution in [3.8, 4) is 5.75 Å². The normalized spacial score (nSPS) is 10.9. The SMILES string of the molecule is Cc1ccc(/C=N\NC(=O)COc2cccc3cccnc23)cc1. The van der Waals surface area contributed by atoms with Crippen LogP contribution in [0, 0.1) is 6.92 Å². The standard InChI is InChI=1S/C19H17N3O2/c1-14-7-9-15(10-8-14)12-21-22-18(23)13-24-17-6-2-4-16-5-3-11-20-19(16)17/h2-12H,13H2,1H3,(H,22,23)/b21-12-. The van der Waals surface area contributed by atoms with Crippen molar-refractivity contribution in [3.63, 3.8) is 0 Å². The predicted octanol–water partition coefficient (Wildman–Crippen LogP) is 3.07. The number of nitrogens with one attached hydrogen (secondary N) is 1. The van der Waals surface area contributed by atoms with E-state index >= 15 is 0 Å². The molecule has 0 saturated heterocycles. The van der Waals surface area contributed by atoms with Gasteiger partial charge in [0.1, 0.15) is 11.3 Å². The Morgan fingerprint density at radius 2 is 1.96 bits per heavy atom. The van der Waals surface area contributed by atoms with Gasteiger partial charge in [0.15, 0.2) is 6.61 Å². The highest BCUT2D eigenvalue weighted by molar-refractivity contribution is 5.85. The maximum absolute atomic E-state index is 11.8. The predicted molar refractivity (Wildman–Crippen MR) is 94.2 cm³/mol. The number of carbonyl (C=O) groups excluding carboxylic acids is 1. The summed E-state index contributed by atoms with van der Waals surface area (Å²) >= 11 is 0. The summed E-state index contributed by atoms with van der Waals surface area (Å²) in [6.45, 7) is 1.89. The second-order valence-corrected chi connectivity index (χ2v) is 5.32. The fourth-order valence-electron chi connectivity index (χ4n) is 2.20. The van der Waals surface area contributed by atoms with E-state index in [4.69, 9.17) is 4.74 Å². The van der Waals surface area contributed by atoms with Crippen LogP contribution in [0.3, 0.4) is 0 Å². The monoisotopic (exact) mass is 319 g/mol. The summed E-state index contributed by atoms with van der Waals surface area (Å²) in [5, 5.41) is 4.89. The molecule has 24 heavy (non-hydrogen) atoms. The molecule has 1 aromatic heterocycles. The largest absolute Gasteiger partial charge is 0.481 e. The Hall–Kier alpha value is -3.21. The van der Waals surface area contributed by atoms with Crippen LogP contribution in [0.5, 0.6) is 5.75 Å². The van der Waals surface area contributed by atoms with E-state index in [1.807, 2.05) is 55.5 Å². The number of para-hydroxylation sites is 1. The van der Waals surface area contributed by atoms with Crippen LogP contribution in [0.25, 0.3) is 10.9 Å². The highest BCUT2D eigenvalue weighted by atomic mass is 16.5. The van der Waals surface area contributed by atoms with Crippen molar-refractivity contribution >= 4 is 23.0 Å². The maximum Gasteiger partial charge on any atom is 0.277 e. The van der Waals surface area contributed by atoms with Gasteiger partial charge in [-0.3, -0.25) is 9.78 Å². The first-order valence-electron chi connectivity index (χ1n) is 7.57. The lowest BCUT2D eigenvalue weighted by atomic mass is 10.2. The molecule has 3 aromatic rings. The van der Waals surface area contributed by atoms with Gasteiger partial charge >= 0.3 is 0 Å². The number of rotatable bonds is 5. The molecule has 0 fully saturated rings. The van der Waals surface area contributed by atoms with Crippen LogP contribution >= 0.6 is 0 Å². The number of fused-ring (bicyclic) bond motifs is 1. The van der Waals surface area contributed by atoms with Gasteiger partial charge in [-0.1, -0.05) is 48.0 Å². The number of ether oxygens (including phenoxy) is 1. The molecule has 1 heterocycles. The number of amides is 1. The molecule has 0 unspecified atom stereocenters. The number of pyridine rings is 1. The number of aromatic nitrogens is 1. The van der Waals surface area contributed by atoms with Gasteiger partial charge in [0.2, 0.25) is 0 Å². The first-order valence-corrected chi connectivity index (χ1v) is 7.57. The van der Waals surface area contributed by atoms with Crippen LogP contribution in [-0.4, -0.2) is 23.7 Å². The van der Waals surface area contributed by atoms with Gasteiger partial charge in [0.25, 0.3) is 5.91 Å². The molecule has 1 amide bonds. The fourth-order valence-corrected chi connectivity index (χ4v) is 2.20. The zero-order valence-corrected chi connectivity index (χ0v) is 13.3. The molecule has 3 rings (SSSR count). The van der Waals surface area contributed by atoms with Crippen LogP contribution in [0.1, 0.15) is 11.1 Å². The smallest absolute Gasteiger partial charge is 0.277 e. The minimum Gasteiger partial charge on any atom is -0.481 e. The average molecular weight is 319 g/mol. The summed E-state index contributed by atoms with van der Waals surface area (Å²) in [7, 11) is 0.